The Bertz CT molecular complexity index is 398. The third kappa shape index (κ3) is 1.59. The topological polar surface area (TPSA) is 23.8 Å². The van der Waals surface area contributed by atoms with Crippen LogP contribution < -0.4 is 0 Å². The Balaban J connectivity index is 1.92. The summed E-state index contributed by atoms with van der Waals surface area (Å²) in [6, 6.07) is 0. The predicted octanol–water partition coefficient (Wildman–Crippen LogP) is 4.69. The van der Waals surface area contributed by atoms with Gasteiger partial charge in [-0.2, -0.15) is 5.26 Å². The van der Waals surface area contributed by atoms with Gasteiger partial charge in [0.05, 0.1) is 0 Å². The Morgan fingerprint density at radius 2 is 1.94 bits per heavy atom. The maximum Gasteiger partial charge on any atom is 0.133 e. The fraction of sp³-hybridized carbons (Fsp3) is 0.938. The van der Waals surface area contributed by atoms with Gasteiger partial charge in [0, 0.05) is 5.25 Å². The van der Waals surface area contributed by atoms with Crippen molar-refractivity contribution in [2.24, 2.45) is 34.5 Å². The molecule has 4 bridgehead atoms. The lowest BCUT2D eigenvalue weighted by molar-refractivity contribution is -0.0379. The second kappa shape index (κ2) is 3.92. The molecule has 4 saturated carbocycles. The van der Waals surface area contributed by atoms with Gasteiger partial charge in [-0.3, -0.25) is 0 Å². The number of nitrogens with zero attached hydrogens (tertiary/aromatic N) is 1. The number of thioether (sulfide) groups is 1. The molecule has 0 aliphatic heterocycles. The summed E-state index contributed by atoms with van der Waals surface area (Å²) in [5.41, 5.74) is 1.01. The van der Waals surface area contributed by atoms with Crippen LogP contribution in [0.2, 0.25) is 0 Å². The first-order valence-corrected chi connectivity index (χ1v) is 8.32. The number of nitriles is 1. The highest BCUT2D eigenvalue weighted by molar-refractivity contribution is 8.04. The summed E-state index contributed by atoms with van der Waals surface area (Å²) < 4.78 is 0. The molecule has 100 valence electrons. The summed E-state index contributed by atoms with van der Waals surface area (Å²) in [5, 5.41) is 12.0. The summed E-state index contributed by atoms with van der Waals surface area (Å²) in [6.45, 7) is 9.82. The first-order chi connectivity index (χ1) is 8.39. The molecule has 4 aliphatic carbocycles. The zero-order valence-corrected chi connectivity index (χ0v) is 12.9. The first kappa shape index (κ1) is 12.9. The van der Waals surface area contributed by atoms with Crippen LogP contribution in [0.4, 0.5) is 0 Å². The van der Waals surface area contributed by atoms with Crippen LogP contribution in [0.1, 0.15) is 53.4 Å². The van der Waals surface area contributed by atoms with E-state index in [9.17, 15) is 0 Å². The van der Waals surface area contributed by atoms with Crippen molar-refractivity contribution in [3.05, 3.63) is 0 Å². The van der Waals surface area contributed by atoms with Gasteiger partial charge in [-0.05, 0) is 71.9 Å². The molecular formula is C16H25NS. The predicted molar refractivity (Wildman–Crippen MR) is 77.0 cm³/mol. The number of hydrogen-bond acceptors (Lipinski definition) is 2. The lowest BCUT2D eigenvalue weighted by Crippen LogP contribution is -2.52. The minimum atomic E-state index is 0.429. The molecule has 0 N–H and O–H groups in total. The Morgan fingerprint density at radius 1 is 1.22 bits per heavy atom. The number of thiocyanates is 1. The summed E-state index contributed by atoms with van der Waals surface area (Å²) in [6.07, 6.45) is 5.50. The van der Waals surface area contributed by atoms with Crippen molar-refractivity contribution in [3.63, 3.8) is 0 Å². The van der Waals surface area contributed by atoms with E-state index in [-0.39, 0.29) is 0 Å². The van der Waals surface area contributed by atoms with Gasteiger partial charge in [0.15, 0.2) is 0 Å². The van der Waals surface area contributed by atoms with E-state index in [0.29, 0.717) is 16.1 Å². The molecule has 0 unspecified atom stereocenters. The standard InChI is InChI=1S/C16H25NS/c1-10(2)11-6-15(3)8-16(4)7-12(11)13(15)5-14(16)18-9-17/h10-14H,5-8H2,1-4H3/t11-,12+,13+,14+,15+,16-/m0/s1. The van der Waals surface area contributed by atoms with Gasteiger partial charge in [-0.1, -0.05) is 27.7 Å². The van der Waals surface area contributed by atoms with E-state index in [2.05, 4.69) is 33.1 Å². The third-order valence-corrected chi connectivity index (χ3v) is 7.62. The Morgan fingerprint density at radius 3 is 2.50 bits per heavy atom. The van der Waals surface area contributed by atoms with Crippen molar-refractivity contribution >= 4 is 11.8 Å². The van der Waals surface area contributed by atoms with E-state index in [1.54, 1.807) is 11.8 Å². The Labute approximate surface area is 116 Å². The van der Waals surface area contributed by atoms with Gasteiger partial charge in [-0.25, -0.2) is 0 Å². The summed E-state index contributed by atoms with van der Waals surface area (Å²) in [5.74, 6) is 3.62. The van der Waals surface area contributed by atoms with E-state index < -0.39 is 0 Å². The van der Waals surface area contributed by atoms with E-state index >= 15 is 0 Å². The van der Waals surface area contributed by atoms with Crippen molar-refractivity contribution in [1.29, 1.82) is 5.26 Å². The molecule has 1 nitrogen and oxygen atoms in total. The van der Waals surface area contributed by atoms with E-state index in [1.807, 2.05) is 0 Å². The second-order valence-electron chi connectivity index (χ2n) is 8.00. The highest BCUT2D eigenvalue weighted by atomic mass is 32.2. The van der Waals surface area contributed by atoms with Crippen LogP contribution >= 0.6 is 11.8 Å². The Hall–Kier alpha value is -0.160. The van der Waals surface area contributed by atoms with Crippen LogP contribution in [0.5, 0.6) is 0 Å². The Kier molecular flexibility index (Phi) is 2.80. The van der Waals surface area contributed by atoms with Crippen LogP contribution in [-0.2, 0) is 0 Å². The molecular weight excluding hydrogens is 238 g/mol. The number of fused-ring (bicyclic) bond motifs is 1. The third-order valence-electron chi connectivity index (χ3n) is 6.47. The average molecular weight is 263 g/mol. The van der Waals surface area contributed by atoms with E-state index in [4.69, 9.17) is 5.26 Å². The van der Waals surface area contributed by atoms with Gasteiger partial charge in [0.25, 0.3) is 0 Å². The maximum absolute atomic E-state index is 9.03. The minimum Gasteiger partial charge on any atom is -0.185 e. The highest BCUT2D eigenvalue weighted by Crippen LogP contribution is 2.71. The molecule has 4 aliphatic rings. The fourth-order valence-corrected chi connectivity index (χ4v) is 6.79. The fourth-order valence-electron chi connectivity index (χ4n) is 5.89. The molecule has 0 aromatic heterocycles. The summed E-state index contributed by atoms with van der Waals surface area (Å²) in [4.78, 5) is 0. The highest BCUT2D eigenvalue weighted by Gasteiger charge is 2.64. The van der Waals surface area contributed by atoms with E-state index in [1.165, 1.54) is 25.7 Å². The SMILES string of the molecule is CC(C)[C@@H]1C[C@]2(C)C[C@]3(C)C[C@H]1[C@H]2C[C@H]3SC#N. The molecule has 0 saturated heterocycles. The van der Waals surface area contributed by atoms with Gasteiger partial charge < -0.3 is 0 Å². The number of hydrogen-bond donors (Lipinski definition) is 0. The minimum absolute atomic E-state index is 0.429. The molecule has 0 aromatic rings. The normalized spacial score (nSPS) is 53.8. The molecule has 0 amide bonds. The van der Waals surface area contributed by atoms with Gasteiger partial charge in [0.1, 0.15) is 5.40 Å². The molecule has 4 rings (SSSR count). The second-order valence-corrected chi connectivity index (χ2v) is 8.99. The summed E-state index contributed by atoms with van der Waals surface area (Å²) >= 11 is 1.56. The zero-order chi connectivity index (χ0) is 13.1. The molecule has 4 fully saturated rings. The molecule has 0 heterocycles. The monoisotopic (exact) mass is 263 g/mol. The van der Waals surface area contributed by atoms with Crippen LogP contribution in [-0.4, -0.2) is 5.25 Å². The largest absolute Gasteiger partial charge is 0.185 e. The first-order valence-electron chi connectivity index (χ1n) is 7.44. The molecule has 18 heavy (non-hydrogen) atoms. The zero-order valence-electron chi connectivity index (χ0n) is 12.1. The van der Waals surface area contributed by atoms with Gasteiger partial charge >= 0.3 is 0 Å². The lowest BCUT2D eigenvalue weighted by atomic mass is 9.50. The molecule has 2 heteroatoms. The molecule has 6 atom stereocenters. The summed E-state index contributed by atoms with van der Waals surface area (Å²) in [7, 11) is 0. The molecule has 0 spiro atoms. The number of rotatable bonds is 2. The van der Waals surface area contributed by atoms with Gasteiger partial charge in [-0.15, -0.1) is 0 Å². The molecule has 0 radical (unpaired) electrons. The van der Waals surface area contributed by atoms with Crippen LogP contribution in [0, 0.1) is 45.2 Å². The van der Waals surface area contributed by atoms with Crippen molar-refractivity contribution in [2.75, 3.05) is 0 Å². The molecule has 0 aromatic carbocycles. The van der Waals surface area contributed by atoms with Crippen molar-refractivity contribution < 1.29 is 0 Å². The van der Waals surface area contributed by atoms with Crippen molar-refractivity contribution in [2.45, 2.75) is 58.6 Å². The van der Waals surface area contributed by atoms with Crippen molar-refractivity contribution in [3.8, 4) is 5.40 Å². The van der Waals surface area contributed by atoms with Gasteiger partial charge in [0.2, 0.25) is 0 Å². The quantitative estimate of drug-likeness (QED) is 0.675. The lowest BCUT2D eigenvalue weighted by Gasteiger charge is -2.58. The van der Waals surface area contributed by atoms with Crippen LogP contribution in [0.25, 0.3) is 0 Å². The smallest absolute Gasteiger partial charge is 0.133 e. The average Bonchev–Trinajstić information content (AvgIpc) is 2.47. The van der Waals surface area contributed by atoms with Crippen molar-refractivity contribution in [1.82, 2.24) is 0 Å². The van der Waals surface area contributed by atoms with Crippen LogP contribution in [0.3, 0.4) is 0 Å². The van der Waals surface area contributed by atoms with E-state index in [0.717, 1.165) is 23.7 Å². The van der Waals surface area contributed by atoms with Crippen LogP contribution in [0.15, 0.2) is 0 Å². The maximum atomic E-state index is 9.03.